The molecule has 108 valence electrons. The second kappa shape index (κ2) is 3.97. The Bertz CT molecular complexity index is 748. The molecule has 2 aromatic carbocycles. The average Bonchev–Trinajstić information content (AvgIpc) is 2.53. The van der Waals surface area contributed by atoms with E-state index in [9.17, 15) is 9.59 Å². The number of ketones is 2. The molecule has 1 aliphatic carbocycles. The summed E-state index contributed by atoms with van der Waals surface area (Å²) in [6.07, 6.45) is -0.818. The third kappa shape index (κ3) is 1.32. The minimum Gasteiger partial charge on any atom is -0.488 e. The number of benzene rings is 2. The molecule has 0 radical (unpaired) electrons. The molecular formula is C18H12O4. The maximum atomic E-state index is 12.7. The normalized spacial score (nSPS) is 30.7. The molecule has 1 saturated carbocycles. The van der Waals surface area contributed by atoms with Crippen LogP contribution in [0.3, 0.4) is 0 Å². The second-order valence-electron chi connectivity index (χ2n) is 5.94. The largest absolute Gasteiger partial charge is 0.488 e. The van der Waals surface area contributed by atoms with Gasteiger partial charge >= 0.3 is 0 Å². The third-order valence-corrected chi connectivity index (χ3v) is 4.85. The number of carbonyl (C=O) groups excluding carboxylic acids is 2. The lowest BCUT2D eigenvalue weighted by atomic mass is 9.61. The molecule has 4 nitrogen and oxygen atoms in total. The lowest BCUT2D eigenvalue weighted by molar-refractivity contribution is -0.0999. The van der Waals surface area contributed by atoms with Crippen molar-refractivity contribution in [2.45, 2.75) is 12.2 Å². The molecule has 1 fully saturated rings. The van der Waals surface area contributed by atoms with E-state index >= 15 is 0 Å². The number of rotatable bonds is 0. The van der Waals surface area contributed by atoms with E-state index < -0.39 is 24.0 Å². The number of fused-ring (bicyclic) bond motifs is 6. The van der Waals surface area contributed by atoms with Crippen molar-refractivity contribution in [3.8, 4) is 11.5 Å². The van der Waals surface area contributed by atoms with E-state index in [1.807, 2.05) is 24.3 Å². The van der Waals surface area contributed by atoms with Gasteiger partial charge in [-0.15, -0.1) is 0 Å². The van der Waals surface area contributed by atoms with Crippen LogP contribution in [0.4, 0.5) is 0 Å². The zero-order valence-electron chi connectivity index (χ0n) is 11.6. The van der Waals surface area contributed by atoms with Crippen LogP contribution in [0, 0.1) is 11.8 Å². The van der Waals surface area contributed by atoms with E-state index in [1.54, 1.807) is 24.3 Å². The molecule has 4 heteroatoms. The molecule has 2 aliphatic heterocycles. The Balaban J connectivity index is 1.59. The van der Waals surface area contributed by atoms with Gasteiger partial charge in [-0.05, 0) is 24.3 Å². The molecule has 3 aliphatic rings. The van der Waals surface area contributed by atoms with Crippen LogP contribution in [0.5, 0.6) is 11.5 Å². The van der Waals surface area contributed by atoms with Crippen LogP contribution in [-0.2, 0) is 0 Å². The van der Waals surface area contributed by atoms with Crippen LogP contribution in [0.1, 0.15) is 20.7 Å². The number of Topliss-reactive ketones (excluding diaryl/α,β-unsaturated/α-hetero) is 2. The van der Waals surface area contributed by atoms with E-state index in [-0.39, 0.29) is 11.6 Å². The first-order chi connectivity index (χ1) is 10.8. The Kier molecular flexibility index (Phi) is 2.16. The van der Waals surface area contributed by atoms with Crippen molar-refractivity contribution >= 4 is 11.6 Å². The van der Waals surface area contributed by atoms with Crippen molar-refractivity contribution in [3.05, 3.63) is 59.7 Å². The molecule has 0 N–H and O–H groups in total. The first-order valence-corrected chi connectivity index (χ1v) is 7.35. The van der Waals surface area contributed by atoms with Gasteiger partial charge in [-0.1, -0.05) is 24.3 Å². The molecule has 22 heavy (non-hydrogen) atoms. The van der Waals surface area contributed by atoms with Gasteiger partial charge in [0.15, 0.2) is 11.6 Å². The van der Waals surface area contributed by atoms with E-state index in [0.717, 1.165) is 0 Å². The minimum absolute atomic E-state index is 0.0141. The Hall–Kier alpha value is -2.62. The van der Waals surface area contributed by atoms with Gasteiger partial charge in [-0.2, -0.15) is 0 Å². The lowest BCUT2D eigenvalue weighted by Crippen LogP contribution is -2.68. The highest BCUT2D eigenvalue weighted by atomic mass is 16.5. The summed E-state index contributed by atoms with van der Waals surface area (Å²) in [5, 5.41) is 0. The number of para-hydroxylation sites is 2. The van der Waals surface area contributed by atoms with Gasteiger partial charge in [-0.3, -0.25) is 9.59 Å². The molecule has 5 rings (SSSR count). The highest BCUT2D eigenvalue weighted by Crippen LogP contribution is 2.50. The Morgan fingerprint density at radius 1 is 0.636 bits per heavy atom. The highest BCUT2D eigenvalue weighted by Gasteiger charge is 2.64. The van der Waals surface area contributed by atoms with Crippen molar-refractivity contribution in [1.29, 1.82) is 0 Å². The predicted octanol–water partition coefficient (Wildman–Crippen LogP) is 2.52. The molecule has 2 heterocycles. The van der Waals surface area contributed by atoms with Crippen LogP contribution in [0.15, 0.2) is 48.5 Å². The fourth-order valence-corrected chi connectivity index (χ4v) is 3.76. The van der Waals surface area contributed by atoms with E-state index in [2.05, 4.69) is 0 Å². The molecule has 2 aromatic rings. The fourth-order valence-electron chi connectivity index (χ4n) is 3.76. The summed E-state index contributed by atoms with van der Waals surface area (Å²) in [6, 6.07) is 14.4. The molecule has 0 spiro atoms. The molecule has 0 bridgehead atoms. The summed E-state index contributed by atoms with van der Waals surface area (Å²) in [6.45, 7) is 0. The Labute approximate surface area is 126 Å². The number of hydrogen-bond donors (Lipinski definition) is 0. The first kappa shape index (κ1) is 12.0. The van der Waals surface area contributed by atoms with Crippen molar-refractivity contribution in [2.75, 3.05) is 0 Å². The quantitative estimate of drug-likeness (QED) is 0.748. The summed E-state index contributed by atoms with van der Waals surface area (Å²) in [5.41, 5.74) is 1.16. The zero-order valence-corrected chi connectivity index (χ0v) is 11.6. The Morgan fingerprint density at radius 3 is 1.50 bits per heavy atom. The molecule has 0 aromatic heterocycles. The number of ether oxygens (including phenoxy) is 2. The van der Waals surface area contributed by atoms with E-state index in [1.165, 1.54) is 0 Å². The Morgan fingerprint density at radius 2 is 1.05 bits per heavy atom. The average molecular weight is 292 g/mol. The first-order valence-electron chi connectivity index (χ1n) is 7.35. The van der Waals surface area contributed by atoms with Gasteiger partial charge in [0, 0.05) is 0 Å². The molecule has 0 amide bonds. The van der Waals surface area contributed by atoms with Crippen molar-refractivity contribution < 1.29 is 19.1 Å². The third-order valence-electron chi connectivity index (χ3n) is 4.85. The van der Waals surface area contributed by atoms with Gasteiger partial charge in [0.25, 0.3) is 0 Å². The molecule has 0 atom stereocenters. The van der Waals surface area contributed by atoms with Crippen LogP contribution < -0.4 is 9.47 Å². The second-order valence-corrected chi connectivity index (χ2v) is 5.94. The van der Waals surface area contributed by atoms with Gasteiger partial charge in [-0.25, -0.2) is 0 Å². The number of hydrogen-bond acceptors (Lipinski definition) is 4. The lowest BCUT2D eigenvalue weighted by Gasteiger charge is -2.53. The summed E-state index contributed by atoms with van der Waals surface area (Å²) < 4.78 is 11.9. The van der Waals surface area contributed by atoms with Gasteiger partial charge in [0.1, 0.15) is 23.7 Å². The highest BCUT2D eigenvalue weighted by molar-refractivity contribution is 6.08. The van der Waals surface area contributed by atoms with Crippen LogP contribution in [0.25, 0.3) is 0 Å². The summed E-state index contributed by atoms with van der Waals surface area (Å²) in [4.78, 5) is 25.4. The van der Waals surface area contributed by atoms with Crippen molar-refractivity contribution in [3.63, 3.8) is 0 Å². The predicted molar refractivity (Wildman–Crippen MR) is 77.4 cm³/mol. The smallest absolute Gasteiger partial charge is 0.177 e. The van der Waals surface area contributed by atoms with Crippen LogP contribution in [0.2, 0.25) is 0 Å². The van der Waals surface area contributed by atoms with Crippen LogP contribution in [-0.4, -0.2) is 23.8 Å². The number of carbonyl (C=O) groups is 2. The SMILES string of the molecule is O=C1c2ccccc2OC2C1C1Oc3ccccc3C(=O)C21. The molecular weight excluding hydrogens is 280 g/mol. The van der Waals surface area contributed by atoms with Crippen LogP contribution >= 0.6 is 0 Å². The minimum atomic E-state index is -0.409. The van der Waals surface area contributed by atoms with Crippen molar-refractivity contribution in [2.24, 2.45) is 11.8 Å². The van der Waals surface area contributed by atoms with E-state index in [4.69, 9.17) is 9.47 Å². The summed E-state index contributed by atoms with van der Waals surface area (Å²) >= 11 is 0. The standard InChI is InChI=1S/C18H12O4/c19-15-9-5-1-3-7-11(9)21-17-13(15)18-14(17)16(20)10-6-2-4-8-12(10)22-18/h1-8,13-14,17-18H. The summed E-state index contributed by atoms with van der Waals surface area (Å²) in [7, 11) is 0. The molecule has 0 unspecified atom stereocenters. The maximum Gasteiger partial charge on any atom is 0.177 e. The fraction of sp³-hybridized carbons (Fsp3) is 0.222. The maximum absolute atomic E-state index is 12.7. The zero-order chi connectivity index (χ0) is 14.8. The van der Waals surface area contributed by atoms with Gasteiger partial charge in [0.2, 0.25) is 0 Å². The summed E-state index contributed by atoms with van der Waals surface area (Å²) in [5.74, 6) is 0.382. The monoisotopic (exact) mass is 292 g/mol. The van der Waals surface area contributed by atoms with Gasteiger partial charge < -0.3 is 9.47 Å². The topological polar surface area (TPSA) is 52.6 Å². The van der Waals surface area contributed by atoms with E-state index in [0.29, 0.717) is 22.6 Å². The van der Waals surface area contributed by atoms with Gasteiger partial charge in [0.05, 0.1) is 23.0 Å². The van der Waals surface area contributed by atoms with Crippen molar-refractivity contribution in [1.82, 2.24) is 0 Å². The molecule has 0 saturated heterocycles.